The first-order chi connectivity index (χ1) is 12.2. The van der Waals surface area contributed by atoms with Crippen LogP contribution in [0.2, 0.25) is 0 Å². The maximum absolute atomic E-state index is 11.6. The van der Waals surface area contributed by atoms with Crippen molar-refractivity contribution in [3.8, 4) is 0 Å². The fourth-order valence-electron chi connectivity index (χ4n) is 1.87. The summed E-state index contributed by atoms with van der Waals surface area (Å²) < 4.78 is 0. The molecule has 0 bridgehead atoms. The number of nitrogens with one attached hydrogen (secondary N) is 2. The fourth-order valence-corrected chi connectivity index (χ4v) is 1.87. The molecule has 2 amide bonds. The topological polar surface area (TPSA) is 70.6 Å². The van der Waals surface area contributed by atoms with E-state index in [2.05, 4.69) is 15.8 Å². The number of carbonyl (C=O) groups is 2. The van der Waals surface area contributed by atoms with E-state index in [0.717, 1.165) is 11.1 Å². The number of amides is 2. The van der Waals surface area contributed by atoms with Gasteiger partial charge in [0.1, 0.15) is 0 Å². The Hall–Kier alpha value is -3.47. The molecule has 0 saturated heterocycles. The van der Waals surface area contributed by atoms with Crippen molar-refractivity contribution in [2.75, 3.05) is 6.54 Å². The monoisotopic (exact) mass is 333 g/mol. The lowest BCUT2D eigenvalue weighted by molar-refractivity contribution is -0.123. The highest BCUT2D eigenvalue weighted by molar-refractivity contribution is 5.94. The molecule has 0 radical (unpaired) electrons. The zero-order valence-electron chi connectivity index (χ0n) is 13.6. The smallest absolute Gasteiger partial charge is 0.259 e. The van der Waals surface area contributed by atoms with Crippen molar-refractivity contribution in [1.29, 1.82) is 0 Å². The van der Waals surface area contributed by atoms with Gasteiger partial charge in [-0.2, -0.15) is 5.10 Å². The zero-order valence-corrected chi connectivity index (χ0v) is 13.6. The van der Waals surface area contributed by atoms with Crippen molar-refractivity contribution in [2.24, 2.45) is 5.10 Å². The first-order valence-electron chi connectivity index (χ1n) is 7.78. The van der Waals surface area contributed by atoms with Crippen LogP contribution in [-0.4, -0.2) is 24.6 Å². The molecule has 0 unspecified atom stereocenters. The number of allylic oxidation sites excluding steroid dienone is 1. The summed E-state index contributed by atoms with van der Waals surface area (Å²) >= 11 is 0. The Bertz CT molecular complexity index is 766. The van der Waals surface area contributed by atoms with Crippen molar-refractivity contribution < 1.29 is 9.59 Å². The zero-order chi connectivity index (χ0) is 17.7. The second-order valence-corrected chi connectivity index (χ2v) is 5.04. The Morgan fingerprint density at radius 3 is 2.12 bits per heavy atom. The van der Waals surface area contributed by atoms with Crippen LogP contribution >= 0.6 is 0 Å². The van der Waals surface area contributed by atoms with Gasteiger partial charge in [0.25, 0.3) is 5.91 Å². The van der Waals surface area contributed by atoms with Crippen molar-refractivity contribution in [1.82, 2.24) is 10.7 Å². The van der Waals surface area contributed by atoms with Gasteiger partial charge < -0.3 is 5.32 Å². The predicted octanol–water partition coefficient (Wildman–Crippen LogP) is 2.63. The minimum atomic E-state index is -0.397. The number of hydrogen-bond donors (Lipinski definition) is 2. The minimum absolute atomic E-state index is 0.141. The molecule has 5 nitrogen and oxygen atoms in total. The molecule has 0 aliphatic heterocycles. The molecule has 0 aromatic heterocycles. The Kier molecular flexibility index (Phi) is 7.39. The van der Waals surface area contributed by atoms with E-state index < -0.39 is 5.91 Å². The molecule has 2 rings (SSSR count). The summed E-state index contributed by atoms with van der Waals surface area (Å²) in [7, 11) is 0. The van der Waals surface area contributed by atoms with Crippen LogP contribution in [0.25, 0.3) is 12.2 Å². The Morgan fingerprint density at radius 2 is 1.48 bits per heavy atom. The van der Waals surface area contributed by atoms with Gasteiger partial charge in [0.05, 0.1) is 6.54 Å². The molecule has 5 heteroatoms. The van der Waals surface area contributed by atoms with Crippen LogP contribution in [0.15, 0.2) is 77.9 Å². The highest BCUT2D eigenvalue weighted by atomic mass is 16.2. The fraction of sp³-hybridized carbons (Fsp3) is 0.0500. The molecule has 2 aromatic rings. The van der Waals surface area contributed by atoms with E-state index >= 15 is 0 Å². The number of carbonyl (C=O) groups excluding carboxylic acids is 2. The lowest BCUT2D eigenvalue weighted by Crippen LogP contribution is -2.33. The number of hydrazone groups is 1. The van der Waals surface area contributed by atoms with Crippen LogP contribution in [-0.2, 0) is 9.59 Å². The Morgan fingerprint density at radius 1 is 0.880 bits per heavy atom. The van der Waals surface area contributed by atoms with E-state index in [-0.39, 0.29) is 12.5 Å². The average molecular weight is 333 g/mol. The normalized spacial score (nSPS) is 11.2. The van der Waals surface area contributed by atoms with Crippen molar-refractivity contribution in [3.05, 3.63) is 83.9 Å². The van der Waals surface area contributed by atoms with Gasteiger partial charge in [-0.25, -0.2) is 5.43 Å². The lowest BCUT2D eigenvalue weighted by Gasteiger charge is -2.00. The summed E-state index contributed by atoms with van der Waals surface area (Å²) in [6.07, 6.45) is 8.12. The van der Waals surface area contributed by atoms with Crippen molar-refractivity contribution in [2.45, 2.75) is 0 Å². The summed E-state index contributed by atoms with van der Waals surface area (Å²) in [6, 6.07) is 19.2. The molecule has 2 aromatic carbocycles. The molecular weight excluding hydrogens is 314 g/mol. The standard InChI is InChI=1S/C20H19N3O2/c24-19(14-13-18-10-5-2-6-11-18)21-16-20(25)23-22-15-7-12-17-8-3-1-4-9-17/h1-15H,16H2,(H,21,24)(H,23,25)/b12-7+,14-13+,22-15+. The maximum Gasteiger partial charge on any atom is 0.259 e. The number of benzene rings is 2. The van der Waals surface area contributed by atoms with Gasteiger partial charge in [-0.05, 0) is 23.3 Å². The van der Waals surface area contributed by atoms with Gasteiger partial charge in [0.15, 0.2) is 0 Å². The van der Waals surface area contributed by atoms with Crippen LogP contribution in [0.5, 0.6) is 0 Å². The van der Waals surface area contributed by atoms with Crippen LogP contribution in [0, 0.1) is 0 Å². The highest BCUT2D eigenvalue weighted by Crippen LogP contribution is 2.00. The van der Waals surface area contributed by atoms with Gasteiger partial charge in [-0.1, -0.05) is 66.7 Å². The number of hydrogen-bond acceptors (Lipinski definition) is 3. The van der Waals surface area contributed by atoms with Gasteiger partial charge in [-0.15, -0.1) is 0 Å². The van der Waals surface area contributed by atoms with Crippen molar-refractivity contribution >= 4 is 30.2 Å². The quantitative estimate of drug-likeness (QED) is 0.464. The summed E-state index contributed by atoms with van der Waals surface area (Å²) in [4.78, 5) is 23.2. The first-order valence-corrected chi connectivity index (χ1v) is 7.78. The van der Waals surface area contributed by atoms with E-state index in [1.165, 1.54) is 12.3 Å². The molecule has 0 heterocycles. The minimum Gasteiger partial charge on any atom is -0.343 e. The van der Waals surface area contributed by atoms with Crippen LogP contribution in [0.4, 0.5) is 0 Å². The van der Waals surface area contributed by atoms with Gasteiger partial charge in [0, 0.05) is 12.3 Å². The third-order valence-corrected chi connectivity index (χ3v) is 3.09. The van der Waals surface area contributed by atoms with Gasteiger partial charge in [-0.3, -0.25) is 9.59 Å². The molecule has 0 aliphatic rings. The molecule has 0 aliphatic carbocycles. The van der Waals surface area contributed by atoms with Gasteiger partial charge >= 0.3 is 0 Å². The third kappa shape index (κ3) is 7.56. The van der Waals surface area contributed by atoms with E-state index in [0.29, 0.717) is 0 Å². The molecule has 0 atom stereocenters. The maximum atomic E-state index is 11.6. The summed E-state index contributed by atoms with van der Waals surface area (Å²) in [5, 5.41) is 6.27. The third-order valence-electron chi connectivity index (χ3n) is 3.09. The Balaban J connectivity index is 1.66. The Labute approximate surface area is 146 Å². The second kappa shape index (κ2) is 10.3. The van der Waals surface area contributed by atoms with E-state index in [1.54, 1.807) is 12.2 Å². The van der Waals surface area contributed by atoms with Gasteiger partial charge in [0.2, 0.25) is 5.91 Å². The molecule has 25 heavy (non-hydrogen) atoms. The molecule has 126 valence electrons. The average Bonchev–Trinajstić information content (AvgIpc) is 2.66. The molecule has 0 spiro atoms. The largest absolute Gasteiger partial charge is 0.343 e. The lowest BCUT2D eigenvalue weighted by atomic mass is 10.2. The first kappa shape index (κ1) is 17.9. The number of rotatable bonds is 7. The van der Waals surface area contributed by atoms with E-state index in [9.17, 15) is 9.59 Å². The second-order valence-electron chi connectivity index (χ2n) is 5.04. The SMILES string of the molecule is O=C(/C=C/c1ccccc1)NCC(=O)N/N=C/C=C/c1ccccc1. The van der Waals surface area contributed by atoms with Crippen LogP contribution in [0.1, 0.15) is 11.1 Å². The summed E-state index contributed by atoms with van der Waals surface area (Å²) in [5.74, 6) is -0.738. The molecule has 0 fully saturated rings. The molecule has 0 saturated carbocycles. The number of nitrogens with zero attached hydrogens (tertiary/aromatic N) is 1. The predicted molar refractivity (Wildman–Crippen MR) is 101 cm³/mol. The van der Waals surface area contributed by atoms with Crippen LogP contribution < -0.4 is 10.7 Å². The van der Waals surface area contributed by atoms with E-state index in [4.69, 9.17) is 0 Å². The van der Waals surface area contributed by atoms with Crippen LogP contribution in [0.3, 0.4) is 0 Å². The summed E-state index contributed by atoms with van der Waals surface area (Å²) in [6.45, 7) is -0.141. The molecule has 2 N–H and O–H groups in total. The summed E-state index contributed by atoms with van der Waals surface area (Å²) in [5.41, 5.74) is 4.29. The van der Waals surface area contributed by atoms with Crippen molar-refractivity contribution in [3.63, 3.8) is 0 Å². The van der Waals surface area contributed by atoms with E-state index in [1.807, 2.05) is 66.7 Å². The molecular formula is C20H19N3O2. The highest BCUT2D eigenvalue weighted by Gasteiger charge is 2.01.